The van der Waals surface area contributed by atoms with Crippen LogP contribution in [0.15, 0.2) is 0 Å². The quantitative estimate of drug-likeness (QED) is 0.665. The Kier molecular flexibility index (Phi) is 1.03. The highest BCUT2D eigenvalue weighted by Gasteiger charge is 2.85. The fourth-order valence-corrected chi connectivity index (χ4v) is 5.02. The van der Waals surface area contributed by atoms with E-state index in [1.165, 1.54) is 25.7 Å². The Balaban J connectivity index is 1.47. The van der Waals surface area contributed by atoms with Crippen molar-refractivity contribution in [3.8, 4) is 0 Å². The summed E-state index contributed by atoms with van der Waals surface area (Å²) in [6.07, 6.45) is 8.96. The molecule has 2 heteroatoms. The smallest absolute Gasteiger partial charge is 0.0391 e. The van der Waals surface area contributed by atoms with Crippen LogP contribution in [-0.2, 0) is 0 Å². The monoisotopic (exact) mass is 204 g/mol. The molecule has 4 atom stereocenters. The van der Waals surface area contributed by atoms with Crippen molar-refractivity contribution < 1.29 is 0 Å². The third-order valence-electron chi connectivity index (χ3n) is 6.55. The molecule has 0 aromatic heterocycles. The molecule has 4 saturated carbocycles. The number of hydrogen-bond acceptors (Lipinski definition) is 2. The molecule has 0 aromatic carbocycles. The Labute approximate surface area is 91.0 Å². The van der Waals surface area contributed by atoms with Crippen molar-refractivity contribution in [2.24, 2.45) is 28.9 Å². The van der Waals surface area contributed by atoms with Crippen LogP contribution in [0, 0.1) is 23.2 Å². The molecule has 15 heavy (non-hydrogen) atoms. The number of fused-ring (bicyclic) bond motifs is 1. The molecule has 5 fully saturated rings. The van der Waals surface area contributed by atoms with Gasteiger partial charge in [-0.15, -0.1) is 0 Å². The molecular weight excluding hydrogens is 184 g/mol. The standard InChI is InChI=1S/C13H20N2/c14-6-8-1-9(11-3-10(11)4-11)5-13-7-12(13,2-8)15-13/h8-10,15H,1-7,14H2. The van der Waals surface area contributed by atoms with E-state index >= 15 is 0 Å². The number of nitrogens with one attached hydrogen (secondary N) is 1. The highest BCUT2D eigenvalue weighted by atomic mass is 15.4. The Morgan fingerprint density at radius 3 is 2.33 bits per heavy atom. The molecule has 0 amide bonds. The largest absolute Gasteiger partial charge is 0.330 e. The molecular formula is C13H20N2. The molecule has 0 radical (unpaired) electrons. The van der Waals surface area contributed by atoms with Crippen LogP contribution in [0.4, 0.5) is 0 Å². The summed E-state index contributed by atoms with van der Waals surface area (Å²) in [6, 6.07) is 0. The third-order valence-corrected chi connectivity index (χ3v) is 6.55. The van der Waals surface area contributed by atoms with E-state index in [2.05, 4.69) is 5.32 Å². The van der Waals surface area contributed by atoms with Gasteiger partial charge in [0.25, 0.3) is 0 Å². The molecule has 0 aromatic rings. The lowest BCUT2D eigenvalue weighted by Gasteiger charge is -2.26. The van der Waals surface area contributed by atoms with E-state index in [1.807, 2.05) is 0 Å². The van der Waals surface area contributed by atoms with E-state index < -0.39 is 0 Å². The van der Waals surface area contributed by atoms with Gasteiger partial charge < -0.3 is 11.1 Å². The summed E-state index contributed by atoms with van der Waals surface area (Å²) >= 11 is 0. The first kappa shape index (κ1) is 8.08. The molecule has 4 aliphatic carbocycles. The molecule has 2 nitrogen and oxygen atoms in total. The van der Waals surface area contributed by atoms with Crippen LogP contribution in [0.2, 0.25) is 0 Å². The molecule has 0 bridgehead atoms. The zero-order valence-electron chi connectivity index (χ0n) is 9.26. The molecule has 5 rings (SSSR count). The van der Waals surface area contributed by atoms with E-state index in [4.69, 9.17) is 5.73 Å². The van der Waals surface area contributed by atoms with Crippen LogP contribution < -0.4 is 11.1 Å². The summed E-state index contributed by atoms with van der Waals surface area (Å²) in [5.41, 5.74) is 8.06. The van der Waals surface area contributed by atoms with E-state index in [1.54, 1.807) is 12.8 Å². The first-order chi connectivity index (χ1) is 7.22. The second-order valence-corrected chi connectivity index (χ2v) is 7.25. The Hall–Kier alpha value is -0.0800. The lowest BCUT2D eigenvalue weighted by molar-refractivity contribution is 0.256. The van der Waals surface area contributed by atoms with Crippen LogP contribution in [-0.4, -0.2) is 17.6 Å². The maximum absolute atomic E-state index is 5.94. The lowest BCUT2D eigenvalue weighted by Crippen LogP contribution is -2.28. The van der Waals surface area contributed by atoms with Crippen LogP contribution in [0.5, 0.6) is 0 Å². The number of hydrogen-bond donors (Lipinski definition) is 2. The second kappa shape index (κ2) is 1.91. The zero-order chi connectivity index (χ0) is 9.89. The van der Waals surface area contributed by atoms with Crippen LogP contribution in [0.3, 0.4) is 0 Å². The summed E-state index contributed by atoms with van der Waals surface area (Å²) in [6.45, 7) is 0.927. The van der Waals surface area contributed by atoms with Crippen LogP contribution >= 0.6 is 0 Å². The highest BCUT2D eigenvalue weighted by molar-refractivity contribution is 5.45. The zero-order valence-corrected chi connectivity index (χ0v) is 9.26. The average Bonchev–Trinajstić information content (AvgIpc) is 2.90. The van der Waals surface area contributed by atoms with Gasteiger partial charge in [-0.1, -0.05) is 0 Å². The van der Waals surface area contributed by atoms with Crippen molar-refractivity contribution in [1.29, 1.82) is 0 Å². The van der Waals surface area contributed by atoms with E-state index in [0.717, 1.165) is 29.7 Å². The van der Waals surface area contributed by atoms with Crippen molar-refractivity contribution in [2.45, 2.75) is 49.6 Å². The van der Waals surface area contributed by atoms with Gasteiger partial charge in [-0.3, -0.25) is 0 Å². The number of rotatable bonds is 2. The highest BCUT2D eigenvalue weighted by Crippen LogP contribution is 2.83. The van der Waals surface area contributed by atoms with Crippen molar-refractivity contribution in [1.82, 2.24) is 5.32 Å². The van der Waals surface area contributed by atoms with E-state index in [9.17, 15) is 0 Å². The van der Waals surface area contributed by atoms with Gasteiger partial charge in [0.1, 0.15) is 0 Å². The van der Waals surface area contributed by atoms with Gasteiger partial charge in [0.2, 0.25) is 0 Å². The summed E-state index contributed by atoms with van der Waals surface area (Å²) < 4.78 is 0. The molecule has 3 N–H and O–H groups in total. The van der Waals surface area contributed by atoms with Crippen molar-refractivity contribution in [2.75, 3.05) is 6.54 Å². The Morgan fingerprint density at radius 1 is 1.07 bits per heavy atom. The second-order valence-electron chi connectivity index (χ2n) is 7.25. The van der Waals surface area contributed by atoms with Gasteiger partial charge in [0.05, 0.1) is 0 Å². The molecule has 1 heterocycles. The average molecular weight is 204 g/mol. The molecule has 5 aliphatic rings. The fourth-order valence-electron chi connectivity index (χ4n) is 5.02. The number of nitrogens with two attached hydrogens (primary N) is 1. The van der Waals surface area contributed by atoms with Gasteiger partial charge in [-0.2, -0.15) is 0 Å². The first-order valence-corrected chi connectivity index (χ1v) is 6.71. The third kappa shape index (κ3) is 0.763. The SMILES string of the molecule is NCC1CC(C23CC2C3)CC23CC2(C1)N3. The topological polar surface area (TPSA) is 48.0 Å². The fraction of sp³-hybridized carbons (Fsp3) is 1.00. The minimum atomic E-state index is 0.613. The molecule has 0 spiro atoms. The minimum Gasteiger partial charge on any atom is -0.330 e. The maximum Gasteiger partial charge on any atom is 0.0391 e. The van der Waals surface area contributed by atoms with E-state index in [-0.39, 0.29) is 0 Å². The predicted octanol–water partition coefficient (Wildman–Crippen LogP) is 1.26. The predicted molar refractivity (Wildman–Crippen MR) is 58.3 cm³/mol. The van der Waals surface area contributed by atoms with Gasteiger partial charge in [-0.25, -0.2) is 0 Å². The summed E-state index contributed by atoms with van der Waals surface area (Å²) in [5.74, 6) is 3.02. The molecule has 82 valence electrons. The van der Waals surface area contributed by atoms with E-state index in [0.29, 0.717) is 11.1 Å². The van der Waals surface area contributed by atoms with Crippen molar-refractivity contribution >= 4 is 0 Å². The normalized spacial score (nSPS) is 72.2. The first-order valence-electron chi connectivity index (χ1n) is 6.71. The molecule has 1 saturated heterocycles. The summed E-state index contributed by atoms with van der Waals surface area (Å²) in [5, 5.41) is 3.78. The Bertz CT molecular complexity index is 350. The van der Waals surface area contributed by atoms with Crippen LogP contribution in [0.25, 0.3) is 0 Å². The molecule has 1 aliphatic heterocycles. The minimum absolute atomic E-state index is 0.613. The van der Waals surface area contributed by atoms with Gasteiger partial charge in [0, 0.05) is 11.1 Å². The summed E-state index contributed by atoms with van der Waals surface area (Å²) in [7, 11) is 0. The van der Waals surface area contributed by atoms with Crippen LogP contribution in [0.1, 0.15) is 38.5 Å². The van der Waals surface area contributed by atoms with Gasteiger partial charge in [0.15, 0.2) is 0 Å². The summed E-state index contributed by atoms with van der Waals surface area (Å²) in [4.78, 5) is 0. The van der Waals surface area contributed by atoms with Gasteiger partial charge >= 0.3 is 0 Å². The lowest BCUT2D eigenvalue weighted by atomic mass is 9.82. The van der Waals surface area contributed by atoms with Gasteiger partial charge in [-0.05, 0) is 68.2 Å². The Morgan fingerprint density at radius 2 is 1.73 bits per heavy atom. The maximum atomic E-state index is 5.94. The van der Waals surface area contributed by atoms with Crippen molar-refractivity contribution in [3.63, 3.8) is 0 Å². The molecule has 4 unspecified atom stereocenters. The van der Waals surface area contributed by atoms with Crippen molar-refractivity contribution in [3.05, 3.63) is 0 Å².